The molecule has 80 valence electrons. The molecule has 1 atom stereocenters. The number of ether oxygens (including phenoxy) is 1. The highest BCUT2D eigenvalue weighted by Gasteiger charge is 2.32. The van der Waals surface area contributed by atoms with Gasteiger partial charge in [-0.25, -0.2) is 4.79 Å². The molecule has 0 radical (unpaired) electrons. The van der Waals surface area contributed by atoms with E-state index in [1.54, 1.807) is 0 Å². The van der Waals surface area contributed by atoms with E-state index in [0.717, 1.165) is 26.1 Å². The largest absolute Gasteiger partial charge is 0.448 e. The van der Waals surface area contributed by atoms with Crippen molar-refractivity contribution in [1.29, 1.82) is 0 Å². The van der Waals surface area contributed by atoms with E-state index in [4.69, 9.17) is 4.74 Å². The molecule has 2 aliphatic heterocycles. The fourth-order valence-electron chi connectivity index (χ4n) is 2.31. The van der Waals surface area contributed by atoms with Crippen molar-refractivity contribution < 1.29 is 9.53 Å². The lowest BCUT2D eigenvalue weighted by atomic mass is 10.0. The zero-order valence-electron chi connectivity index (χ0n) is 8.74. The second-order valence-corrected chi connectivity index (χ2v) is 4.00. The van der Waals surface area contributed by atoms with Crippen LogP contribution in [-0.2, 0) is 4.74 Å². The molecule has 2 saturated heterocycles. The van der Waals surface area contributed by atoms with Crippen LogP contribution in [0.1, 0.15) is 19.8 Å². The summed E-state index contributed by atoms with van der Waals surface area (Å²) in [6.07, 6.45) is 2.21. The third-order valence-electron chi connectivity index (χ3n) is 3.16. The van der Waals surface area contributed by atoms with Gasteiger partial charge >= 0.3 is 6.09 Å². The highest BCUT2D eigenvalue weighted by Crippen LogP contribution is 2.18. The van der Waals surface area contributed by atoms with E-state index in [9.17, 15) is 4.79 Å². The maximum absolute atomic E-state index is 11.4. The van der Waals surface area contributed by atoms with E-state index in [-0.39, 0.29) is 6.09 Å². The van der Waals surface area contributed by atoms with Gasteiger partial charge < -0.3 is 14.5 Å². The zero-order valence-corrected chi connectivity index (χ0v) is 8.74. The van der Waals surface area contributed by atoms with Gasteiger partial charge in [0.25, 0.3) is 0 Å². The summed E-state index contributed by atoms with van der Waals surface area (Å²) >= 11 is 0. The van der Waals surface area contributed by atoms with Crippen molar-refractivity contribution in [3.63, 3.8) is 0 Å². The molecule has 0 unspecified atom stereocenters. The number of hydrogen-bond acceptors (Lipinski definition) is 3. The Hall–Kier alpha value is -0.770. The fourth-order valence-corrected chi connectivity index (χ4v) is 2.31. The van der Waals surface area contributed by atoms with Gasteiger partial charge in [0.2, 0.25) is 0 Å². The lowest BCUT2D eigenvalue weighted by Crippen LogP contribution is -2.48. The molecule has 0 aromatic rings. The summed E-state index contributed by atoms with van der Waals surface area (Å²) in [6.45, 7) is 6.80. The minimum atomic E-state index is -0.118. The predicted octanol–water partition coefficient (Wildman–Crippen LogP) is 0.923. The van der Waals surface area contributed by atoms with Crippen LogP contribution in [0.3, 0.4) is 0 Å². The van der Waals surface area contributed by atoms with Gasteiger partial charge in [-0.05, 0) is 25.9 Å². The zero-order chi connectivity index (χ0) is 9.97. The van der Waals surface area contributed by atoms with Crippen molar-refractivity contribution >= 4 is 6.09 Å². The van der Waals surface area contributed by atoms with Crippen LogP contribution in [0.15, 0.2) is 0 Å². The molecular formula is C10H18N2O2. The van der Waals surface area contributed by atoms with Crippen molar-refractivity contribution in [3.05, 3.63) is 0 Å². The van der Waals surface area contributed by atoms with Crippen molar-refractivity contribution in [2.75, 3.05) is 32.8 Å². The standard InChI is InChI=1S/C10H18N2O2/c1-2-11-5-3-4-9(8-11)12-6-7-14-10(12)13/h9H,2-8H2,1H3/t9-/m1/s1. The summed E-state index contributed by atoms with van der Waals surface area (Å²) in [5, 5.41) is 0. The van der Waals surface area contributed by atoms with Gasteiger partial charge in [0, 0.05) is 12.6 Å². The van der Waals surface area contributed by atoms with E-state index in [1.807, 2.05) is 4.90 Å². The van der Waals surface area contributed by atoms with Crippen LogP contribution in [-0.4, -0.2) is 54.7 Å². The second-order valence-electron chi connectivity index (χ2n) is 4.00. The topological polar surface area (TPSA) is 32.8 Å². The SMILES string of the molecule is CCN1CCC[C@@H](N2CCOC2=O)C1. The fraction of sp³-hybridized carbons (Fsp3) is 0.900. The number of likely N-dealkylation sites (tertiary alicyclic amines) is 1. The van der Waals surface area contributed by atoms with Crippen LogP contribution in [0.5, 0.6) is 0 Å². The van der Waals surface area contributed by atoms with Gasteiger partial charge in [-0.3, -0.25) is 0 Å². The number of likely N-dealkylation sites (N-methyl/N-ethyl adjacent to an activating group) is 1. The van der Waals surface area contributed by atoms with Gasteiger partial charge in [-0.1, -0.05) is 6.92 Å². The number of hydrogen-bond donors (Lipinski definition) is 0. The Bertz CT molecular complexity index is 220. The highest BCUT2D eigenvalue weighted by molar-refractivity contribution is 5.69. The Morgan fingerprint density at radius 3 is 3.00 bits per heavy atom. The van der Waals surface area contributed by atoms with Crippen LogP contribution < -0.4 is 0 Å². The average Bonchev–Trinajstić information content (AvgIpc) is 2.65. The van der Waals surface area contributed by atoms with Crippen molar-refractivity contribution in [2.24, 2.45) is 0 Å². The second kappa shape index (κ2) is 4.17. The molecule has 2 heterocycles. The van der Waals surface area contributed by atoms with Crippen LogP contribution >= 0.6 is 0 Å². The average molecular weight is 198 g/mol. The number of carbonyl (C=O) groups excluding carboxylic acids is 1. The maximum atomic E-state index is 11.4. The molecule has 0 N–H and O–H groups in total. The Labute approximate surface area is 84.8 Å². The van der Waals surface area contributed by atoms with Gasteiger partial charge in [0.1, 0.15) is 6.61 Å². The summed E-state index contributed by atoms with van der Waals surface area (Å²) < 4.78 is 4.96. The third-order valence-corrected chi connectivity index (χ3v) is 3.16. The first-order valence-electron chi connectivity index (χ1n) is 5.47. The van der Waals surface area contributed by atoms with Crippen LogP contribution in [0.4, 0.5) is 4.79 Å². The molecule has 2 aliphatic rings. The first-order valence-corrected chi connectivity index (χ1v) is 5.47. The molecule has 1 amide bonds. The summed E-state index contributed by atoms with van der Waals surface area (Å²) in [5.74, 6) is 0. The Morgan fingerprint density at radius 1 is 1.50 bits per heavy atom. The highest BCUT2D eigenvalue weighted by atomic mass is 16.6. The van der Waals surface area contributed by atoms with Crippen molar-refractivity contribution in [1.82, 2.24) is 9.80 Å². The maximum Gasteiger partial charge on any atom is 0.410 e. The molecular weight excluding hydrogens is 180 g/mol. The summed E-state index contributed by atoms with van der Waals surface area (Å²) in [7, 11) is 0. The molecule has 4 heteroatoms. The minimum absolute atomic E-state index is 0.118. The van der Waals surface area contributed by atoms with Gasteiger partial charge in [-0.2, -0.15) is 0 Å². The van der Waals surface area contributed by atoms with Gasteiger partial charge in [0.05, 0.1) is 6.54 Å². The predicted molar refractivity (Wildman–Crippen MR) is 53.2 cm³/mol. The smallest absolute Gasteiger partial charge is 0.410 e. The lowest BCUT2D eigenvalue weighted by Gasteiger charge is -2.35. The van der Waals surface area contributed by atoms with E-state index in [2.05, 4.69) is 11.8 Å². The summed E-state index contributed by atoms with van der Waals surface area (Å²) in [5.41, 5.74) is 0. The minimum Gasteiger partial charge on any atom is -0.448 e. The van der Waals surface area contributed by atoms with Crippen LogP contribution in [0.25, 0.3) is 0 Å². The molecule has 14 heavy (non-hydrogen) atoms. The quantitative estimate of drug-likeness (QED) is 0.661. The summed E-state index contributed by atoms with van der Waals surface area (Å²) in [6, 6.07) is 0.388. The summed E-state index contributed by atoms with van der Waals surface area (Å²) in [4.78, 5) is 15.6. The molecule has 2 rings (SSSR count). The van der Waals surface area contributed by atoms with Crippen LogP contribution in [0, 0.1) is 0 Å². The first-order chi connectivity index (χ1) is 6.81. The normalized spacial score (nSPS) is 29.4. The lowest BCUT2D eigenvalue weighted by molar-refractivity contribution is 0.113. The number of piperidine rings is 1. The van der Waals surface area contributed by atoms with E-state index in [1.165, 1.54) is 13.0 Å². The van der Waals surface area contributed by atoms with E-state index >= 15 is 0 Å². The number of rotatable bonds is 2. The van der Waals surface area contributed by atoms with Gasteiger partial charge in [0.15, 0.2) is 0 Å². The molecule has 2 fully saturated rings. The number of amides is 1. The molecule has 0 aliphatic carbocycles. The molecule has 0 bridgehead atoms. The Kier molecular flexibility index (Phi) is 2.91. The molecule has 4 nitrogen and oxygen atoms in total. The van der Waals surface area contributed by atoms with Crippen molar-refractivity contribution in [3.8, 4) is 0 Å². The molecule has 0 aromatic carbocycles. The van der Waals surface area contributed by atoms with Crippen molar-refractivity contribution in [2.45, 2.75) is 25.8 Å². The monoisotopic (exact) mass is 198 g/mol. The Morgan fingerprint density at radius 2 is 2.36 bits per heavy atom. The van der Waals surface area contributed by atoms with E-state index in [0.29, 0.717) is 12.6 Å². The first kappa shape index (κ1) is 9.77. The number of cyclic esters (lactones) is 1. The number of carbonyl (C=O) groups is 1. The molecule has 0 spiro atoms. The van der Waals surface area contributed by atoms with E-state index < -0.39 is 0 Å². The molecule has 0 aromatic heterocycles. The number of nitrogens with zero attached hydrogens (tertiary/aromatic N) is 2. The molecule has 0 saturated carbocycles. The third kappa shape index (κ3) is 1.85. The van der Waals surface area contributed by atoms with Crippen LogP contribution in [0.2, 0.25) is 0 Å². The van der Waals surface area contributed by atoms with Gasteiger partial charge in [-0.15, -0.1) is 0 Å². The Balaban J connectivity index is 1.93.